The Bertz CT molecular complexity index is 1180. The van der Waals surface area contributed by atoms with Crippen molar-refractivity contribution in [2.75, 3.05) is 13.2 Å². The van der Waals surface area contributed by atoms with Gasteiger partial charge in [-0.1, -0.05) is 57.8 Å². The Morgan fingerprint density at radius 1 is 0.875 bits per heavy atom. The first kappa shape index (κ1) is 38.4. The summed E-state index contributed by atoms with van der Waals surface area (Å²) in [4.78, 5) is 22.1. The van der Waals surface area contributed by atoms with Gasteiger partial charge in [0.2, 0.25) is 11.8 Å². The zero-order valence-electron chi connectivity index (χ0n) is 21.0. The number of nitrogens with one attached hydrogen (secondary N) is 2. The van der Waals surface area contributed by atoms with E-state index in [1.807, 2.05) is 13.8 Å². The average Bonchev–Trinajstić information content (AvgIpc) is 3.30. The molecule has 0 fully saturated rings. The smallest absolute Gasteiger partial charge is 0.382 e. The number of hydrogen-bond acceptors (Lipinski definition) is 4. The summed E-state index contributed by atoms with van der Waals surface area (Å²) in [7, 11) is -3.67. The highest BCUT2D eigenvalue weighted by atomic mass is 19.4. The second kappa shape index (κ2) is 18.5. The lowest BCUT2D eigenvalue weighted by Crippen LogP contribution is -2.40. The Balaban J connectivity index is 0. The summed E-state index contributed by atoms with van der Waals surface area (Å²) in [6.45, 7) is 10.7. The zero-order valence-corrected chi connectivity index (χ0v) is 21.0. The molecular weight excluding hydrogens is 534 g/mol. The van der Waals surface area contributed by atoms with E-state index in [4.69, 9.17) is 4.74 Å². The number of carbonyl (C=O) groups excluding carboxylic acids is 2. The van der Waals surface area contributed by atoms with Gasteiger partial charge in [-0.2, -0.15) is 0 Å². The first-order chi connectivity index (χ1) is 17.8. The van der Waals surface area contributed by atoms with E-state index in [9.17, 15) is 36.4 Å². The van der Waals surface area contributed by atoms with Gasteiger partial charge in [-0.3, -0.25) is 22.5 Å². The van der Waals surface area contributed by atoms with E-state index in [1.54, 1.807) is 30.3 Å². The third-order valence-electron chi connectivity index (χ3n) is 4.78. The van der Waals surface area contributed by atoms with Gasteiger partial charge >= 0.3 is 7.54 Å². The van der Waals surface area contributed by atoms with Crippen LogP contribution in [0.4, 0.5) is 21.7 Å². The van der Waals surface area contributed by atoms with E-state index in [1.165, 1.54) is 37.3 Å². The van der Waals surface area contributed by atoms with Crippen LogP contribution in [0.3, 0.4) is 0 Å². The van der Waals surface area contributed by atoms with E-state index in [2.05, 4.69) is 17.2 Å². The van der Waals surface area contributed by atoms with Crippen molar-refractivity contribution in [1.82, 2.24) is 10.6 Å². The van der Waals surface area contributed by atoms with Gasteiger partial charge in [-0.25, -0.2) is 8.78 Å². The monoisotopic (exact) mass is 570 g/mol. The molecule has 2 aliphatic rings. The molecule has 2 aromatic rings. The van der Waals surface area contributed by atoms with Crippen LogP contribution in [-0.2, 0) is 14.3 Å². The number of hydrogen-bond donors (Lipinski definition) is 3. The number of ether oxygens (including phenoxy) is 1. The van der Waals surface area contributed by atoms with Crippen molar-refractivity contribution in [3.8, 4) is 0 Å². The van der Waals surface area contributed by atoms with Crippen molar-refractivity contribution in [2.45, 2.75) is 41.3 Å². The molecule has 0 saturated carbocycles. The molecule has 2 aromatic carbocycles. The summed E-state index contributed by atoms with van der Waals surface area (Å²) in [6.07, 6.45) is 2.55. The topological polar surface area (TPSA) is 87.7 Å². The van der Waals surface area contributed by atoms with E-state index in [0.29, 0.717) is 16.8 Å². The molecule has 6 nitrogen and oxygen atoms in total. The van der Waals surface area contributed by atoms with Gasteiger partial charge in [0.1, 0.15) is 11.6 Å². The second-order valence-corrected chi connectivity index (χ2v) is 7.63. The van der Waals surface area contributed by atoms with Gasteiger partial charge < -0.3 is 20.5 Å². The first-order valence-corrected chi connectivity index (χ1v) is 11.3. The van der Waals surface area contributed by atoms with Gasteiger partial charge in [0.25, 0.3) is 0 Å². The fourth-order valence-corrected chi connectivity index (χ4v) is 3.23. The number of carbonyl (C=O) groups is 2. The van der Waals surface area contributed by atoms with Gasteiger partial charge in [0, 0.05) is 53.3 Å². The van der Waals surface area contributed by atoms with Crippen LogP contribution in [0.1, 0.15) is 46.8 Å². The Morgan fingerprint density at radius 2 is 1.32 bits per heavy atom. The number of aliphatic hydroxyl groups is 1. The van der Waals surface area contributed by atoms with Crippen LogP contribution < -0.4 is 10.6 Å². The maximum absolute atomic E-state index is 13.4. The van der Waals surface area contributed by atoms with Gasteiger partial charge in [-0.15, -0.1) is 0 Å². The van der Waals surface area contributed by atoms with Gasteiger partial charge in [0.15, 0.2) is 5.72 Å². The lowest BCUT2D eigenvalue weighted by atomic mass is 9.98. The van der Waals surface area contributed by atoms with Crippen molar-refractivity contribution in [3.63, 3.8) is 0 Å². The normalized spacial score (nSPS) is 16.5. The van der Waals surface area contributed by atoms with Gasteiger partial charge in [0.05, 0.1) is 0 Å². The molecule has 0 saturated heterocycles. The van der Waals surface area contributed by atoms with E-state index < -0.39 is 25.0 Å². The summed E-state index contributed by atoms with van der Waals surface area (Å²) in [5, 5.41) is 14.7. The average molecular weight is 570 g/mol. The second-order valence-electron chi connectivity index (χ2n) is 7.63. The molecule has 0 bridgehead atoms. The molecule has 2 aliphatic heterocycles. The molecular formula is C28H36BF5N2O4. The van der Waals surface area contributed by atoms with E-state index in [0.717, 1.165) is 13.2 Å². The summed E-state index contributed by atoms with van der Waals surface area (Å²) >= 11 is 0. The molecule has 0 aromatic heterocycles. The fourth-order valence-electron chi connectivity index (χ4n) is 3.23. The van der Waals surface area contributed by atoms with Crippen LogP contribution in [0.2, 0.25) is 0 Å². The SMILES string of the molecule is C.C.C=C1NC(=O)C=C1c1ccccc1F.CC1(O)NC(=O)C=C1c1ccccc1F.CCOCC.FB(F)F. The Labute approximate surface area is 232 Å². The molecule has 40 heavy (non-hydrogen) atoms. The summed E-state index contributed by atoms with van der Waals surface area (Å²) in [5.41, 5.74) is 0.356. The molecule has 2 heterocycles. The largest absolute Gasteiger partial charge is 0.762 e. The third-order valence-corrected chi connectivity index (χ3v) is 4.78. The van der Waals surface area contributed by atoms with Crippen molar-refractivity contribution >= 4 is 30.5 Å². The maximum Gasteiger partial charge on any atom is 0.762 e. The maximum atomic E-state index is 13.4. The molecule has 220 valence electrons. The first-order valence-electron chi connectivity index (χ1n) is 11.3. The Hall–Kier alpha value is -3.77. The number of rotatable bonds is 4. The van der Waals surface area contributed by atoms with Crippen LogP contribution in [0.15, 0.2) is 73.0 Å². The summed E-state index contributed by atoms with van der Waals surface area (Å²) in [6, 6.07) is 12.3. The van der Waals surface area contributed by atoms with Crippen LogP contribution in [0.5, 0.6) is 0 Å². The molecule has 1 unspecified atom stereocenters. The fraction of sp³-hybridized carbons (Fsp3) is 0.286. The van der Waals surface area contributed by atoms with E-state index >= 15 is 0 Å². The zero-order chi connectivity index (χ0) is 28.9. The predicted molar refractivity (Wildman–Crippen MR) is 150 cm³/mol. The van der Waals surface area contributed by atoms with Crippen molar-refractivity contribution < 1.29 is 41.2 Å². The molecule has 4 rings (SSSR count). The van der Waals surface area contributed by atoms with Gasteiger partial charge in [-0.05, 0) is 32.9 Å². The number of benzene rings is 2. The predicted octanol–water partition coefficient (Wildman–Crippen LogP) is 6.09. The molecule has 12 heteroatoms. The summed E-state index contributed by atoms with van der Waals surface area (Å²) < 4.78 is 60.6. The lowest BCUT2D eigenvalue weighted by molar-refractivity contribution is -0.119. The standard InChI is InChI=1S/C11H10FNO2.C11H8FNO.C4H10O.2CH4.BF3/c1-11(15)8(6-10(14)13-11)7-4-2-3-5-9(7)12;1-7-9(6-11(14)13-7)8-4-2-3-5-10(8)12;1-3-5-4-2;;;2-1(3)4/h2-6,15H,1H3,(H,13,14);2-6H,1H2,(H,13,14);3-4H2,1-2H3;2*1H4;. The Kier molecular flexibility index (Phi) is 17.8. The molecule has 0 radical (unpaired) electrons. The van der Waals surface area contributed by atoms with Crippen molar-refractivity contribution in [2.24, 2.45) is 0 Å². The van der Waals surface area contributed by atoms with E-state index in [-0.39, 0.29) is 37.7 Å². The lowest BCUT2D eigenvalue weighted by Gasteiger charge is -2.21. The number of allylic oxidation sites excluding steroid dienone is 1. The quantitative estimate of drug-likeness (QED) is 0.307. The van der Waals surface area contributed by atoms with Crippen LogP contribution in [0.25, 0.3) is 11.1 Å². The minimum absolute atomic E-state index is 0. The summed E-state index contributed by atoms with van der Waals surface area (Å²) in [5.74, 6) is -1.48. The molecule has 2 amide bonds. The number of amides is 2. The highest BCUT2D eigenvalue weighted by Gasteiger charge is 2.35. The Morgan fingerprint density at radius 3 is 1.65 bits per heavy atom. The minimum Gasteiger partial charge on any atom is -0.382 e. The van der Waals surface area contributed by atoms with Crippen LogP contribution >= 0.6 is 0 Å². The third kappa shape index (κ3) is 12.4. The molecule has 0 spiro atoms. The van der Waals surface area contributed by atoms with Crippen LogP contribution in [-0.4, -0.2) is 43.4 Å². The highest BCUT2D eigenvalue weighted by molar-refractivity contribution is 6.33. The van der Waals surface area contributed by atoms with Crippen molar-refractivity contribution in [3.05, 3.63) is 95.7 Å². The molecule has 0 aliphatic carbocycles. The van der Waals surface area contributed by atoms with Crippen LogP contribution in [0, 0.1) is 11.6 Å². The van der Waals surface area contributed by atoms with Crippen molar-refractivity contribution in [1.29, 1.82) is 0 Å². The number of halogens is 5. The minimum atomic E-state index is -3.67. The molecule has 3 N–H and O–H groups in total. The molecule has 1 atom stereocenters. The highest BCUT2D eigenvalue weighted by Crippen LogP contribution is 2.30.